The van der Waals surface area contributed by atoms with Gasteiger partial charge in [0.25, 0.3) is 5.22 Å². The van der Waals surface area contributed by atoms with E-state index in [1.807, 2.05) is 18.2 Å². The van der Waals surface area contributed by atoms with Crippen LogP contribution in [0.5, 0.6) is 0 Å². The first-order chi connectivity index (χ1) is 13.0. The molecule has 2 aromatic carbocycles. The number of rotatable bonds is 7. The molecule has 0 fully saturated rings. The summed E-state index contributed by atoms with van der Waals surface area (Å²) in [5.74, 6) is 0.278. The van der Waals surface area contributed by atoms with Gasteiger partial charge >= 0.3 is 0 Å². The van der Waals surface area contributed by atoms with Gasteiger partial charge in [0.05, 0.1) is 5.75 Å². The Morgan fingerprint density at radius 2 is 2.00 bits per heavy atom. The molecule has 27 heavy (non-hydrogen) atoms. The van der Waals surface area contributed by atoms with Gasteiger partial charge in [0.2, 0.25) is 11.8 Å². The molecule has 0 saturated carbocycles. The Morgan fingerprint density at radius 3 is 2.74 bits per heavy atom. The number of amides is 1. The van der Waals surface area contributed by atoms with Gasteiger partial charge in [-0.05, 0) is 36.1 Å². The summed E-state index contributed by atoms with van der Waals surface area (Å²) in [6.45, 7) is 3.77. The molecule has 1 amide bonds. The Morgan fingerprint density at radius 1 is 1.22 bits per heavy atom. The molecule has 0 aliphatic rings. The van der Waals surface area contributed by atoms with Gasteiger partial charge in [-0.1, -0.05) is 55.1 Å². The molecule has 0 aliphatic heterocycles. The fraction of sp³-hybridized carbons (Fsp3) is 0.250. The minimum atomic E-state index is -0.352. The molecule has 0 saturated heterocycles. The number of benzene rings is 2. The second kappa shape index (κ2) is 8.81. The number of carbonyl (C=O) groups excluding carboxylic acids is 1. The normalized spacial score (nSPS) is 12.0. The number of nitrogens with one attached hydrogen (secondary N) is 1. The van der Waals surface area contributed by atoms with Gasteiger partial charge in [0.15, 0.2) is 0 Å². The standard InChI is InChI=1S/C20H20FN3O2S/c1-13-8-9-16(11-17(13)21)22-18(25)12-27-20-24-23-19(26-20)10-14(2)15-6-4-3-5-7-15/h3-9,11,14H,10,12H2,1-2H3,(H,22,25). The van der Waals surface area contributed by atoms with Crippen molar-refractivity contribution in [2.45, 2.75) is 31.4 Å². The van der Waals surface area contributed by atoms with Crippen LogP contribution in [-0.4, -0.2) is 21.9 Å². The lowest BCUT2D eigenvalue weighted by molar-refractivity contribution is -0.113. The van der Waals surface area contributed by atoms with Crippen LogP contribution in [0.3, 0.4) is 0 Å². The van der Waals surface area contributed by atoms with Crippen LogP contribution in [0.4, 0.5) is 10.1 Å². The van der Waals surface area contributed by atoms with Crippen molar-refractivity contribution in [3.8, 4) is 0 Å². The number of aromatic nitrogens is 2. The van der Waals surface area contributed by atoms with E-state index in [9.17, 15) is 9.18 Å². The van der Waals surface area contributed by atoms with Crippen LogP contribution in [-0.2, 0) is 11.2 Å². The lowest BCUT2D eigenvalue weighted by atomic mass is 9.98. The van der Waals surface area contributed by atoms with E-state index in [1.54, 1.807) is 19.1 Å². The summed E-state index contributed by atoms with van der Waals surface area (Å²) in [7, 11) is 0. The fourth-order valence-corrected chi connectivity index (χ4v) is 3.12. The lowest BCUT2D eigenvalue weighted by Crippen LogP contribution is -2.14. The quantitative estimate of drug-likeness (QED) is 0.602. The van der Waals surface area contributed by atoms with Crippen molar-refractivity contribution in [1.82, 2.24) is 10.2 Å². The van der Waals surface area contributed by atoms with Crippen LogP contribution in [0.15, 0.2) is 58.2 Å². The van der Waals surface area contributed by atoms with E-state index >= 15 is 0 Å². The van der Waals surface area contributed by atoms with E-state index in [-0.39, 0.29) is 23.4 Å². The SMILES string of the molecule is Cc1ccc(NC(=O)CSc2nnc(CC(C)c3ccccc3)o2)cc1F. The van der Waals surface area contributed by atoms with E-state index < -0.39 is 0 Å². The first-order valence-electron chi connectivity index (χ1n) is 8.57. The summed E-state index contributed by atoms with van der Waals surface area (Å²) >= 11 is 1.15. The molecule has 140 valence electrons. The molecular formula is C20H20FN3O2S. The van der Waals surface area contributed by atoms with Crippen molar-refractivity contribution in [2.24, 2.45) is 0 Å². The Balaban J connectivity index is 1.50. The number of carbonyl (C=O) groups is 1. The van der Waals surface area contributed by atoms with Crippen molar-refractivity contribution >= 4 is 23.4 Å². The molecule has 1 atom stereocenters. The van der Waals surface area contributed by atoms with E-state index in [4.69, 9.17) is 4.42 Å². The van der Waals surface area contributed by atoms with Crippen LogP contribution in [0.25, 0.3) is 0 Å². The minimum Gasteiger partial charge on any atom is -0.416 e. The second-order valence-corrected chi connectivity index (χ2v) is 7.20. The zero-order valence-corrected chi connectivity index (χ0v) is 15.9. The summed E-state index contributed by atoms with van der Waals surface area (Å²) < 4.78 is 19.1. The van der Waals surface area contributed by atoms with Gasteiger partial charge in [0, 0.05) is 12.1 Å². The highest BCUT2D eigenvalue weighted by molar-refractivity contribution is 7.99. The molecule has 1 aromatic heterocycles. The van der Waals surface area contributed by atoms with E-state index in [1.165, 1.54) is 11.6 Å². The van der Waals surface area contributed by atoms with Gasteiger partial charge in [0.1, 0.15) is 5.82 Å². The topological polar surface area (TPSA) is 68.0 Å². The molecule has 0 aliphatic carbocycles. The van der Waals surface area contributed by atoms with Crippen LogP contribution in [0.1, 0.15) is 29.9 Å². The van der Waals surface area contributed by atoms with Crippen molar-refractivity contribution in [2.75, 3.05) is 11.1 Å². The van der Waals surface area contributed by atoms with Crippen LogP contribution >= 0.6 is 11.8 Å². The average Bonchev–Trinajstić information content (AvgIpc) is 3.11. The number of thioether (sulfide) groups is 1. The molecular weight excluding hydrogens is 365 g/mol. The Hall–Kier alpha value is -2.67. The summed E-state index contributed by atoms with van der Waals surface area (Å²) in [5.41, 5.74) is 2.16. The maximum atomic E-state index is 13.5. The van der Waals surface area contributed by atoms with E-state index in [0.717, 1.165) is 11.8 Å². The van der Waals surface area contributed by atoms with Crippen molar-refractivity contribution in [1.29, 1.82) is 0 Å². The van der Waals surface area contributed by atoms with Crippen molar-refractivity contribution < 1.29 is 13.6 Å². The summed E-state index contributed by atoms with van der Waals surface area (Å²) in [4.78, 5) is 12.0. The molecule has 0 radical (unpaired) electrons. The smallest absolute Gasteiger partial charge is 0.277 e. The maximum Gasteiger partial charge on any atom is 0.277 e. The van der Waals surface area contributed by atoms with Gasteiger partial charge in [-0.2, -0.15) is 0 Å². The highest BCUT2D eigenvalue weighted by atomic mass is 32.2. The van der Waals surface area contributed by atoms with Gasteiger partial charge in [-0.15, -0.1) is 10.2 Å². The number of hydrogen-bond donors (Lipinski definition) is 1. The number of anilines is 1. The number of hydrogen-bond acceptors (Lipinski definition) is 5. The largest absolute Gasteiger partial charge is 0.416 e. The Labute approximate surface area is 161 Å². The van der Waals surface area contributed by atoms with Gasteiger partial charge in [-0.3, -0.25) is 4.79 Å². The molecule has 1 unspecified atom stereocenters. The third-order valence-corrected chi connectivity index (χ3v) is 4.90. The fourth-order valence-electron chi connectivity index (χ4n) is 2.54. The molecule has 0 spiro atoms. The first kappa shape index (κ1) is 19.1. The third kappa shape index (κ3) is 5.40. The molecule has 5 nitrogen and oxygen atoms in total. The second-order valence-electron chi connectivity index (χ2n) is 6.28. The number of halogens is 1. The lowest BCUT2D eigenvalue weighted by Gasteiger charge is -2.08. The predicted octanol–water partition coefficient (Wildman–Crippen LogP) is 4.59. The minimum absolute atomic E-state index is 0.103. The average molecular weight is 385 g/mol. The third-order valence-electron chi connectivity index (χ3n) is 4.08. The first-order valence-corrected chi connectivity index (χ1v) is 9.56. The van der Waals surface area contributed by atoms with Crippen molar-refractivity contribution in [3.63, 3.8) is 0 Å². The maximum absolute atomic E-state index is 13.5. The molecule has 7 heteroatoms. The Kier molecular flexibility index (Phi) is 6.24. The highest BCUT2D eigenvalue weighted by Gasteiger charge is 2.14. The van der Waals surface area contributed by atoms with Crippen LogP contribution in [0, 0.1) is 12.7 Å². The van der Waals surface area contributed by atoms with Gasteiger partial charge in [-0.25, -0.2) is 4.39 Å². The molecule has 1 heterocycles. The van der Waals surface area contributed by atoms with E-state index in [2.05, 4.69) is 34.6 Å². The number of nitrogens with zero attached hydrogens (tertiary/aromatic N) is 2. The van der Waals surface area contributed by atoms with E-state index in [0.29, 0.717) is 28.8 Å². The van der Waals surface area contributed by atoms with Crippen molar-refractivity contribution in [3.05, 3.63) is 71.4 Å². The summed E-state index contributed by atoms with van der Waals surface area (Å²) in [5, 5.41) is 11.0. The zero-order chi connectivity index (χ0) is 19.2. The van der Waals surface area contributed by atoms with Crippen LogP contribution in [0.2, 0.25) is 0 Å². The highest BCUT2D eigenvalue weighted by Crippen LogP contribution is 2.22. The predicted molar refractivity (Wildman–Crippen MR) is 103 cm³/mol. The zero-order valence-electron chi connectivity index (χ0n) is 15.1. The number of aryl methyl sites for hydroxylation is 1. The Bertz CT molecular complexity index is 915. The molecule has 3 rings (SSSR count). The molecule has 3 aromatic rings. The molecule has 0 bridgehead atoms. The van der Waals surface area contributed by atoms with Gasteiger partial charge < -0.3 is 9.73 Å². The monoisotopic (exact) mass is 385 g/mol. The molecule has 1 N–H and O–H groups in total. The van der Waals surface area contributed by atoms with Crippen LogP contribution < -0.4 is 5.32 Å². The summed E-state index contributed by atoms with van der Waals surface area (Å²) in [6, 6.07) is 14.7. The summed E-state index contributed by atoms with van der Waals surface area (Å²) in [6.07, 6.45) is 0.631.